The lowest BCUT2D eigenvalue weighted by Gasteiger charge is -2.45. The third kappa shape index (κ3) is 3.39. The summed E-state index contributed by atoms with van der Waals surface area (Å²) in [7, 11) is 0. The van der Waals surface area contributed by atoms with E-state index in [0.29, 0.717) is 19.8 Å². The fraction of sp³-hybridized carbons (Fsp3) is 0.684. The summed E-state index contributed by atoms with van der Waals surface area (Å²) in [6.45, 7) is 7.74. The van der Waals surface area contributed by atoms with Gasteiger partial charge in [0.05, 0.1) is 12.7 Å². The molecule has 1 fully saturated rings. The maximum absolute atomic E-state index is 10.6. The van der Waals surface area contributed by atoms with Gasteiger partial charge in [-0.3, -0.25) is 4.90 Å². The number of fused-ring (bicyclic) bond motifs is 1. The van der Waals surface area contributed by atoms with E-state index >= 15 is 0 Å². The first-order chi connectivity index (χ1) is 11.6. The molecule has 0 aromatic heterocycles. The zero-order valence-corrected chi connectivity index (χ0v) is 14.8. The molecule has 0 spiro atoms. The normalized spacial score (nSPS) is 27.2. The molecule has 0 unspecified atom stereocenters. The lowest BCUT2D eigenvalue weighted by Crippen LogP contribution is -2.52. The number of hydrogen-bond acceptors (Lipinski definition) is 5. The summed E-state index contributed by atoms with van der Waals surface area (Å²) < 4.78 is 11.3. The summed E-state index contributed by atoms with van der Waals surface area (Å²) in [5.74, 6) is 1.64. The van der Waals surface area contributed by atoms with Crippen LogP contribution in [0.25, 0.3) is 0 Å². The highest BCUT2D eigenvalue weighted by Gasteiger charge is 2.41. The summed E-state index contributed by atoms with van der Waals surface area (Å²) in [6, 6.07) is 4.11. The van der Waals surface area contributed by atoms with E-state index in [9.17, 15) is 10.2 Å². The molecule has 2 aliphatic rings. The molecule has 1 saturated heterocycles. The molecule has 24 heavy (non-hydrogen) atoms. The molecular formula is C19H29NO4. The van der Waals surface area contributed by atoms with Gasteiger partial charge in [0.15, 0.2) is 11.5 Å². The van der Waals surface area contributed by atoms with Gasteiger partial charge in [0, 0.05) is 18.5 Å². The average molecular weight is 335 g/mol. The van der Waals surface area contributed by atoms with Crippen molar-refractivity contribution in [1.29, 1.82) is 0 Å². The van der Waals surface area contributed by atoms with Crippen LogP contribution in [0.3, 0.4) is 0 Å². The van der Waals surface area contributed by atoms with Crippen LogP contribution >= 0.6 is 0 Å². The van der Waals surface area contributed by atoms with Crippen LogP contribution in [0.1, 0.15) is 37.3 Å². The van der Waals surface area contributed by atoms with Crippen LogP contribution in [0.15, 0.2) is 12.1 Å². The topological polar surface area (TPSA) is 62.2 Å². The van der Waals surface area contributed by atoms with E-state index in [2.05, 4.69) is 24.8 Å². The summed E-state index contributed by atoms with van der Waals surface area (Å²) in [5, 5.41) is 20.4. The van der Waals surface area contributed by atoms with Gasteiger partial charge in [-0.25, -0.2) is 0 Å². The third-order valence-corrected chi connectivity index (χ3v) is 5.52. The van der Waals surface area contributed by atoms with Crippen LogP contribution < -0.4 is 9.47 Å². The van der Waals surface area contributed by atoms with Crippen molar-refractivity contribution in [2.75, 3.05) is 32.9 Å². The lowest BCUT2D eigenvalue weighted by atomic mass is 9.73. The van der Waals surface area contributed by atoms with Crippen molar-refractivity contribution in [2.24, 2.45) is 5.41 Å². The average Bonchev–Trinajstić information content (AvgIpc) is 2.58. The first-order valence-corrected chi connectivity index (χ1v) is 8.98. The smallest absolute Gasteiger partial charge is 0.161 e. The first kappa shape index (κ1) is 17.5. The minimum Gasteiger partial charge on any atom is -0.486 e. The molecule has 0 saturated carbocycles. The van der Waals surface area contributed by atoms with Crippen LogP contribution in [-0.2, 0) is 6.54 Å². The maximum Gasteiger partial charge on any atom is 0.161 e. The molecule has 2 atom stereocenters. The molecule has 2 N–H and O–H groups in total. The minimum atomic E-state index is -0.478. The van der Waals surface area contributed by atoms with Gasteiger partial charge >= 0.3 is 0 Å². The maximum atomic E-state index is 10.6. The van der Waals surface area contributed by atoms with E-state index < -0.39 is 6.10 Å². The van der Waals surface area contributed by atoms with Gasteiger partial charge in [-0.2, -0.15) is 0 Å². The number of rotatable bonds is 5. The Labute approximate surface area is 144 Å². The Balaban J connectivity index is 1.69. The summed E-state index contributed by atoms with van der Waals surface area (Å²) in [6.07, 6.45) is 2.22. The lowest BCUT2D eigenvalue weighted by molar-refractivity contribution is -0.0803. The number of aliphatic hydroxyl groups is 2. The number of ether oxygens (including phenoxy) is 2. The van der Waals surface area contributed by atoms with E-state index in [0.717, 1.165) is 43.9 Å². The number of β-amino-alcohol motifs (C(OH)–C–C–N with tert-alkyl or cyclic N) is 1. The molecule has 2 heterocycles. The number of hydrogen-bond donors (Lipinski definition) is 2. The van der Waals surface area contributed by atoms with Crippen LogP contribution in [-0.4, -0.2) is 54.1 Å². The second-order valence-electron chi connectivity index (χ2n) is 7.19. The third-order valence-electron chi connectivity index (χ3n) is 5.52. The van der Waals surface area contributed by atoms with Crippen molar-refractivity contribution in [2.45, 2.75) is 45.8 Å². The monoisotopic (exact) mass is 335 g/mol. The summed E-state index contributed by atoms with van der Waals surface area (Å²) in [4.78, 5) is 2.27. The molecular weight excluding hydrogens is 306 g/mol. The Morgan fingerprint density at radius 1 is 1.25 bits per heavy atom. The standard InChI is InChI=1S/C19H29NO4/c1-3-4-19(13-21)5-6-20(12-18(19)22)11-15-10-17-16(9-14(15)2)23-7-8-24-17/h9-10,18,21-22H,3-8,11-13H2,1-2H3/t18-,19-/m1/s1. The highest BCUT2D eigenvalue weighted by atomic mass is 16.6. The molecule has 3 rings (SSSR count). The van der Waals surface area contributed by atoms with Crippen molar-refractivity contribution >= 4 is 0 Å². The van der Waals surface area contributed by atoms with Gasteiger partial charge in [0.1, 0.15) is 13.2 Å². The Morgan fingerprint density at radius 3 is 2.58 bits per heavy atom. The molecule has 1 aromatic rings. The van der Waals surface area contributed by atoms with Crippen molar-refractivity contribution < 1.29 is 19.7 Å². The Morgan fingerprint density at radius 2 is 1.96 bits per heavy atom. The number of nitrogens with zero attached hydrogens (tertiary/aromatic N) is 1. The fourth-order valence-corrected chi connectivity index (χ4v) is 3.92. The van der Waals surface area contributed by atoms with Crippen molar-refractivity contribution in [3.05, 3.63) is 23.3 Å². The molecule has 5 nitrogen and oxygen atoms in total. The zero-order valence-electron chi connectivity index (χ0n) is 14.8. The van der Waals surface area contributed by atoms with E-state index in [1.807, 2.05) is 6.07 Å². The number of likely N-dealkylation sites (tertiary alicyclic amines) is 1. The number of benzene rings is 1. The summed E-state index contributed by atoms with van der Waals surface area (Å²) in [5.41, 5.74) is 2.06. The number of aliphatic hydroxyl groups excluding tert-OH is 2. The molecule has 0 amide bonds. The molecule has 5 heteroatoms. The van der Waals surface area contributed by atoms with Crippen molar-refractivity contribution in [3.63, 3.8) is 0 Å². The number of piperidine rings is 1. The molecule has 134 valence electrons. The van der Waals surface area contributed by atoms with Gasteiger partial charge in [0.25, 0.3) is 0 Å². The van der Waals surface area contributed by atoms with Crippen LogP contribution in [0, 0.1) is 12.3 Å². The van der Waals surface area contributed by atoms with Crippen LogP contribution in [0.4, 0.5) is 0 Å². The predicted molar refractivity (Wildman–Crippen MR) is 92.5 cm³/mol. The van der Waals surface area contributed by atoms with Crippen molar-refractivity contribution in [3.8, 4) is 11.5 Å². The molecule has 1 aromatic carbocycles. The van der Waals surface area contributed by atoms with E-state index in [-0.39, 0.29) is 12.0 Å². The molecule has 2 aliphatic heterocycles. The Kier molecular flexibility index (Phi) is 5.33. The second-order valence-corrected chi connectivity index (χ2v) is 7.19. The van der Waals surface area contributed by atoms with Gasteiger partial charge in [-0.05, 0) is 49.6 Å². The van der Waals surface area contributed by atoms with Crippen LogP contribution in [0.5, 0.6) is 11.5 Å². The van der Waals surface area contributed by atoms with Crippen molar-refractivity contribution in [1.82, 2.24) is 4.90 Å². The number of aryl methyl sites for hydroxylation is 1. The van der Waals surface area contributed by atoms with Gasteiger partial charge in [-0.15, -0.1) is 0 Å². The van der Waals surface area contributed by atoms with Gasteiger partial charge < -0.3 is 19.7 Å². The van der Waals surface area contributed by atoms with E-state index in [4.69, 9.17) is 9.47 Å². The SMILES string of the molecule is CCC[C@]1(CO)CCN(Cc2cc3c(cc2C)OCCO3)C[C@H]1O. The highest BCUT2D eigenvalue weighted by molar-refractivity contribution is 5.47. The molecule has 0 radical (unpaired) electrons. The van der Waals surface area contributed by atoms with Gasteiger partial charge in [-0.1, -0.05) is 13.3 Å². The molecule has 0 aliphatic carbocycles. The van der Waals surface area contributed by atoms with Crippen LogP contribution in [0.2, 0.25) is 0 Å². The van der Waals surface area contributed by atoms with E-state index in [1.165, 1.54) is 11.1 Å². The zero-order chi connectivity index (χ0) is 17.2. The fourth-order valence-electron chi connectivity index (χ4n) is 3.92. The Hall–Kier alpha value is -1.30. The Bertz CT molecular complexity index is 577. The molecule has 0 bridgehead atoms. The first-order valence-electron chi connectivity index (χ1n) is 8.98. The minimum absolute atomic E-state index is 0.0684. The second kappa shape index (κ2) is 7.30. The quantitative estimate of drug-likeness (QED) is 0.863. The van der Waals surface area contributed by atoms with E-state index in [1.54, 1.807) is 0 Å². The highest BCUT2D eigenvalue weighted by Crippen LogP contribution is 2.38. The largest absolute Gasteiger partial charge is 0.486 e. The summed E-state index contributed by atoms with van der Waals surface area (Å²) >= 11 is 0. The van der Waals surface area contributed by atoms with Gasteiger partial charge in [0.2, 0.25) is 0 Å². The predicted octanol–water partition coefficient (Wildman–Crippen LogP) is 2.11.